The molecule has 2 N–H and O–H groups in total. The lowest BCUT2D eigenvalue weighted by atomic mass is 9.95. The summed E-state index contributed by atoms with van der Waals surface area (Å²) in [5.74, 6) is 0.186. The molecule has 1 saturated carbocycles. The highest BCUT2D eigenvalue weighted by atomic mass is 16.2. The summed E-state index contributed by atoms with van der Waals surface area (Å²) >= 11 is 0. The number of hydrogen-bond acceptors (Lipinski definition) is 2. The third-order valence-electron chi connectivity index (χ3n) is 4.60. The molecule has 1 aliphatic carbocycles. The molecule has 1 atom stereocenters. The van der Waals surface area contributed by atoms with Gasteiger partial charge < -0.3 is 10.6 Å². The maximum atomic E-state index is 12.4. The van der Waals surface area contributed by atoms with Crippen LogP contribution in [0.4, 0.5) is 0 Å². The number of amides is 1. The first-order valence-electron chi connectivity index (χ1n) is 7.93. The van der Waals surface area contributed by atoms with Gasteiger partial charge in [0, 0.05) is 12.6 Å². The molecule has 1 aliphatic heterocycles. The van der Waals surface area contributed by atoms with Crippen LogP contribution >= 0.6 is 0 Å². The van der Waals surface area contributed by atoms with Gasteiger partial charge in [-0.05, 0) is 30.4 Å². The number of carbonyl (C=O) groups is 1. The average Bonchev–Trinajstić information content (AvgIpc) is 2.75. The van der Waals surface area contributed by atoms with E-state index >= 15 is 0 Å². The second-order valence-electron chi connectivity index (χ2n) is 6.10. The van der Waals surface area contributed by atoms with E-state index in [0.717, 1.165) is 25.8 Å². The number of carbonyl (C=O) groups excluding carboxylic acids is 1. The molecule has 3 nitrogen and oxygen atoms in total. The molecule has 1 fully saturated rings. The fourth-order valence-electron chi connectivity index (χ4n) is 3.37. The van der Waals surface area contributed by atoms with Gasteiger partial charge in [0.25, 0.3) is 0 Å². The molecule has 20 heavy (non-hydrogen) atoms. The summed E-state index contributed by atoms with van der Waals surface area (Å²) < 4.78 is 0. The molecule has 1 aromatic rings. The fraction of sp³-hybridized carbons (Fsp3) is 0.588. The standard InChI is InChI=1S/C17H24N2O/c20-17(19-15-9-3-1-2-4-10-15)16-11-13-7-5-6-8-14(13)12-18-16/h5-8,15-16,18H,1-4,9-12H2,(H,19,20)/t16-/m0/s1. The third-order valence-corrected chi connectivity index (χ3v) is 4.60. The van der Waals surface area contributed by atoms with Crippen LogP contribution in [-0.2, 0) is 17.8 Å². The molecular formula is C17H24N2O. The number of nitrogens with one attached hydrogen (secondary N) is 2. The van der Waals surface area contributed by atoms with Gasteiger partial charge in [0.15, 0.2) is 0 Å². The van der Waals surface area contributed by atoms with Crippen molar-refractivity contribution in [1.29, 1.82) is 0 Å². The van der Waals surface area contributed by atoms with E-state index in [1.54, 1.807) is 0 Å². The minimum atomic E-state index is -0.0619. The van der Waals surface area contributed by atoms with Crippen molar-refractivity contribution >= 4 is 5.91 Å². The Morgan fingerprint density at radius 3 is 2.50 bits per heavy atom. The maximum Gasteiger partial charge on any atom is 0.237 e. The van der Waals surface area contributed by atoms with Crippen molar-refractivity contribution in [1.82, 2.24) is 10.6 Å². The van der Waals surface area contributed by atoms with E-state index in [0.29, 0.717) is 6.04 Å². The molecule has 3 heteroatoms. The first kappa shape index (κ1) is 13.6. The van der Waals surface area contributed by atoms with E-state index in [4.69, 9.17) is 0 Å². The summed E-state index contributed by atoms with van der Waals surface area (Å²) in [6.07, 6.45) is 8.26. The first-order chi connectivity index (χ1) is 9.83. The highest BCUT2D eigenvalue weighted by Crippen LogP contribution is 2.19. The number of rotatable bonds is 2. The van der Waals surface area contributed by atoms with Crippen molar-refractivity contribution in [2.45, 2.75) is 63.6 Å². The van der Waals surface area contributed by atoms with Gasteiger partial charge in [-0.2, -0.15) is 0 Å². The maximum absolute atomic E-state index is 12.4. The summed E-state index contributed by atoms with van der Waals surface area (Å²) in [5.41, 5.74) is 2.64. The minimum absolute atomic E-state index is 0.0619. The largest absolute Gasteiger partial charge is 0.352 e. The molecule has 0 saturated heterocycles. The van der Waals surface area contributed by atoms with Crippen LogP contribution < -0.4 is 10.6 Å². The molecule has 0 bridgehead atoms. The molecule has 1 amide bonds. The van der Waals surface area contributed by atoms with Gasteiger partial charge in [0.2, 0.25) is 5.91 Å². The zero-order chi connectivity index (χ0) is 13.8. The van der Waals surface area contributed by atoms with Crippen LogP contribution in [0.25, 0.3) is 0 Å². The van der Waals surface area contributed by atoms with Crippen LogP contribution in [0.2, 0.25) is 0 Å². The summed E-state index contributed by atoms with van der Waals surface area (Å²) in [6, 6.07) is 8.73. The molecular weight excluding hydrogens is 248 g/mol. The van der Waals surface area contributed by atoms with Crippen molar-refractivity contribution < 1.29 is 4.79 Å². The summed E-state index contributed by atoms with van der Waals surface area (Å²) in [5, 5.41) is 6.63. The summed E-state index contributed by atoms with van der Waals surface area (Å²) in [7, 11) is 0. The molecule has 0 aromatic heterocycles. The Balaban J connectivity index is 1.58. The zero-order valence-electron chi connectivity index (χ0n) is 12.0. The van der Waals surface area contributed by atoms with Gasteiger partial charge >= 0.3 is 0 Å². The van der Waals surface area contributed by atoms with Crippen molar-refractivity contribution in [2.24, 2.45) is 0 Å². The lowest BCUT2D eigenvalue weighted by molar-refractivity contribution is -0.124. The van der Waals surface area contributed by atoms with Gasteiger partial charge in [-0.1, -0.05) is 49.9 Å². The quantitative estimate of drug-likeness (QED) is 0.812. The van der Waals surface area contributed by atoms with Crippen LogP contribution in [-0.4, -0.2) is 18.0 Å². The monoisotopic (exact) mass is 272 g/mol. The molecule has 1 heterocycles. The van der Waals surface area contributed by atoms with E-state index in [9.17, 15) is 4.79 Å². The Hall–Kier alpha value is -1.35. The molecule has 0 unspecified atom stereocenters. The van der Waals surface area contributed by atoms with Crippen LogP contribution in [0.1, 0.15) is 49.7 Å². The SMILES string of the molecule is O=C(NC1CCCCCC1)[C@@H]1Cc2ccccc2CN1. The van der Waals surface area contributed by atoms with E-state index < -0.39 is 0 Å². The van der Waals surface area contributed by atoms with Crippen LogP contribution in [0, 0.1) is 0 Å². The molecule has 1 aromatic carbocycles. The predicted molar refractivity (Wildman–Crippen MR) is 80.4 cm³/mol. The highest BCUT2D eigenvalue weighted by Gasteiger charge is 2.25. The van der Waals surface area contributed by atoms with Crippen LogP contribution in [0.5, 0.6) is 0 Å². The van der Waals surface area contributed by atoms with Crippen molar-refractivity contribution in [3.8, 4) is 0 Å². The smallest absolute Gasteiger partial charge is 0.237 e. The van der Waals surface area contributed by atoms with Gasteiger partial charge in [-0.25, -0.2) is 0 Å². The zero-order valence-corrected chi connectivity index (χ0v) is 12.0. The molecule has 108 valence electrons. The predicted octanol–water partition coefficient (Wildman–Crippen LogP) is 2.54. The lowest BCUT2D eigenvalue weighted by Gasteiger charge is -2.27. The topological polar surface area (TPSA) is 41.1 Å². The Morgan fingerprint density at radius 1 is 1.05 bits per heavy atom. The highest BCUT2D eigenvalue weighted by molar-refractivity contribution is 5.82. The number of hydrogen-bond donors (Lipinski definition) is 2. The summed E-state index contributed by atoms with van der Waals surface area (Å²) in [6.45, 7) is 0.804. The second kappa shape index (κ2) is 6.40. The third kappa shape index (κ3) is 3.21. The lowest BCUT2D eigenvalue weighted by Crippen LogP contribution is -2.50. The minimum Gasteiger partial charge on any atom is -0.352 e. The van der Waals surface area contributed by atoms with Gasteiger partial charge in [-0.15, -0.1) is 0 Å². The Morgan fingerprint density at radius 2 is 1.75 bits per heavy atom. The molecule has 0 radical (unpaired) electrons. The summed E-state index contributed by atoms with van der Waals surface area (Å²) in [4.78, 5) is 12.4. The number of fused-ring (bicyclic) bond motifs is 1. The van der Waals surface area contributed by atoms with Crippen molar-refractivity contribution in [3.63, 3.8) is 0 Å². The first-order valence-corrected chi connectivity index (χ1v) is 7.93. The Kier molecular flexibility index (Phi) is 4.36. The van der Waals surface area contributed by atoms with E-state index in [-0.39, 0.29) is 11.9 Å². The average molecular weight is 272 g/mol. The Labute approximate surface area is 121 Å². The van der Waals surface area contributed by atoms with Gasteiger partial charge in [0.05, 0.1) is 6.04 Å². The second-order valence-corrected chi connectivity index (χ2v) is 6.10. The Bertz CT molecular complexity index is 464. The fourth-order valence-corrected chi connectivity index (χ4v) is 3.37. The molecule has 2 aliphatic rings. The normalized spacial score (nSPS) is 23.7. The van der Waals surface area contributed by atoms with Crippen LogP contribution in [0.15, 0.2) is 24.3 Å². The van der Waals surface area contributed by atoms with Crippen LogP contribution in [0.3, 0.4) is 0 Å². The molecule has 0 spiro atoms. The van der Waals surface area contributed by atoms with Gasteiger partial charge in [-0.3, -0.25) is 4.79 Å². The number of benzene rings is 1. The van der Waals surface area contributed by atoms with Gasteiger partial charge in [0.1, 0.15) is 0 Å². The van der Waals surface area contributed by atoms with E-state index in [1.807, 2.05) is 0 Å². The molecule has 3 rings (SSSR count). The van der Waals surface area contributed by atoms with Crippen molar-refractivity contribution in [2.75, 3.05) is 0 Å². The van der Waals surface area contributed by atoms with Crippen molar-refractivity contribution in [3.05, 3.63) is 35.4 Å². The van der Waals surface area contributed by atoms with E-state index in [2.05, 4.69) is 34.9 Å². The van der Waals surface area contributed by atoms with E-state index in [1.165, 1.54) is 36.8 Å².